The van der Waals surface area contributed by atoms with Gasteiger partial charge in [-0.15, -0.1) is 0 Å². The average Bonchev–Trinajstić information content (AvgIpc) is 2.60. The monoisotopic (exact) mass is 252 g/mol. The second-order valence-corrected chi connectivity index (χ2v) is 4.90. The number of rotatable bonds is 1. The van der Waals surface area contributed by atoms with Gasteiger partial charge in [-0.25, -0.2) is 0 Å². The smallest absolute Gasteiger partial charge is 0.491 e. The van der Waals surface area contributed by atoms with Crippen LogP contribution >= 0.6 is 11.6 Å². The van der Waals surface area contributed by atoms with Crippen molar-refractivity contribution in [3.63, 3.8) is 0 Å². The summed E-state index contributed by atoms with van der Waals surface area (Å²) in [6.07, 6.45) is 0.913. The van der Waals surface area contributed by atoms with Gasteiger partial charge in [-0.2, -0.15) is 0 Å². The summed E-state index contributed by atoms with van der Waals surface area (Å²) in [5.74, 6) is 0.842. The highest BCUT2D eigenvalue weighted by Crippen LogP contribution is 2.37. The van der Waals surface area contributed by atoms with Crippen LogP contribution < -0.4 is 10.2 Å². The standard InChI is InChI=1S/C12H14BClO3/c1-3-9-11-8(14)4-5-10-12(11)13(17-9)16-7(2)6-15-10/h4-5,7,9H,3,6H2,1-2H3. The molecule has 5 heteroatoms. The molecule has 0 spiro atoms. The molecule has 2 aliphatic heterocycles. The Morgan fingerprint density at radius 1 is 1.41 bits per heavy atom. The molecule has 0 N–H and O–H groups in total. The molecule has 2 atom stereocenters. The molecular weight excluding hydrogens is 238 g/mol. The maximum absolute atomic E-state index is 6.26. The quantitative estimate of drug-likeness (QED) is 0.718. The van der Waals surface area contributed by atoms with Gasteiger partial charge in [0.1, 0.15) is 12.4 Å². The van der Waals surface area contributed by atoms with Crippen LogP contribution in [0, 0.1) is 0 Å². The van der Waals surface area contributed by atoms with Crippen LogP contribution in [-0.4, -0.2) is 19.8 Å². The van der Waals surface area contributed by atoms with E-state index in [0.29, 0.717) is 6.61 Å². The Hall–Kier alpha value is -0.705. The first-order valence-electron chi connectivity index (χ1n) is 5.96. The van der Waals surface area contributed by atoms with E-state index < -0.39 is 0 Å². The Labute approximate surface area is 106 Å². The number of ether oxygens (including phenoxy) is 1. The molecule has 0 radical (unpaired) electrons. The molecule has 0 saturated carbocycles. The molecule has 0 bridgehead atoms. The molecule has 2 unspecified atom stereocenters. The Kier molecular flexibility index (Phi) is 2.81. The van der Waals surface area contributed by atoms with Crippen LogP contribution in [0.4, 0.5) is 0 Å². The van der Waals surface area contributed by atoms with Crippen LogP contribution in [0.5, 0.6) is 5.75 Å². The lowest BCUT2D eigenvalue weighted by atomic mass is 9.77. The van der Waals surface area contributed by atoms with E-state index in [1.807, 2.05) is 19.1 Å². The molecule has 3 rings (SSSR count). The van der Waals surface area contributed by atoms with Gasteiger partial charge in [-0.1, -0.05) is 18.5 Å². The van der Waals surface area contributed by atoms with Crippen molar-refractivity contribution in [2.75, 3.05) is 6.61 Å². The van der Waals surface area contributed by atoms with Crippen LogP contribution in [0.25, 0.3) is 0 Å². The van der Waals surface area contributed by atoms with Crippen LogP contribution in [0.3, 0.4) is 0 Å². The first kappa shape index (κ1) is 11.4. The molecule has 1 aromatic rings. The van der Waals surface area contributed by atoms with E-state index in [0.717, 1.165) is 28.2 Å². The maximum atomic E-state index is 6.26. The lowest BCUT2D eigenvalue weighted by Gasteiger charge is -2.15. The number of hydrogen-bond acceptors (Lipinski definition) is 3. The number of halogens is 1. The average molecular weight is 253 g/mol. The number of hydrogen-bond donors (Lipinski definition) is 0. The van der Waals surface area contributed by atoms with Gasteiger partial charge in [0.2, 0.25) is 0 Å². The highest BCUT2D eigenvalue weighted by Gasteiger charge is 2.43. The fourth-order valence-corrected chi connectivity index (χ4v) is 2.72. The lowest BCUT2D eigenvalue weighted by molar-refractivity contribution is 0.0978. The predicted molar refractivity (Wildman–Crippen MR) is 67.0 cm³/mol. The van der Waals surface area contributed by atoms with Crippen LogP contribution in [0.2, 0.25) is 5.02 Å². The van der Waals surface area contributed by atoms with E-state index in [1.165, 1.54) is 0 Å². The minimum absolute atomic E-state index is 0.0105. The summed E-state index contributed by atoms with van der Waals surface area (Å²) >= 11 is 6.26. The third-order valence-electron chi connectivity index (χ3n) is 3.24. The summed E-state index contributed by atoms with van der Waals surface area (Å²) < 4.78 is 17.5. The molecule has 2 aliphatic rings. The van der Waals surface area contributed by atoms with Crippen molar-refractivity contribution in [3.8, 4) is 5.75 Å². The van der Waals surface area contributed by atoms with Gasteiger partial charge in [0, 0.05) is 16.0 Å². The predicted octanol–water partition coefficient (Wildman–Crippen LogP) is 2.31. The topological polar surface area (TPSA) is 27.7 Å². The third kappa shape index (κ3) is 1.75. The summed E-state index contributed by atoms with van der Waals surface area (Å²) in [4.78, 5) is 0. The molecule has 0 saturated heterocycles. The summed E-state index contributed by atoms with van der Waals surface area (Å²) in [7, 11) is -0.332. The van der Waals surface area contributed by atoms with Crippen molar-refractivity contribution in [2.24, 2.45) is 0 Å². The van der Waals surface area contributed by atoms with Crippen molar-refractivity contribution in [2.45, 2.75) is 32.5 Å². The molecule has 0 fully saturated rings. The fraction of sp³-hybridized carbons (Fsp3) is 0.500. The van der Waals surface area contributed by atoms with E-state index in [-0.39, 0.29) is 19.3 Å². The van der Waals surface area contributed by atoms with Crippen LogP contribution in [0.15, 0.2) is 12.1 Å². The van der Waals surface area contributed by atoms with Crippen LogP contribution in [0.1, 0.15) is 31.9 Å². The van der Waals surface area contributed by atoms with E-state index in [4.69, 9.17) is 25.6 Å². The first-order valence-corrected chi connectivity index (χ1v) is 6.34. The zero-order chi connectivity index (χ0) is 12.0. The number of benzene rings is 1. The van der Waals surface area contributed by atoms with Crippen molar-refractivity contribution >= 4 is 24.2 Å². The second-order valence-electron chi connectivity index (χ2n) is 4.50. The second kappa shape index (κ2) is 4.20. The van der Waals surface area contributed by atoms with Gasteiger partial charge >= 0.3 is 7.12 Å². The molecule has 0 aromatic heterocycles. The molecular formula is C12H14BClO3. The summed E-state index contributed by atoms with van der Waals surface area (Å²) in [6, 6.07) is 3.77. The van der Waals surface area contributed by atoms with Gasteiger partial charge in [0.05, 0.1) is 12.2 Å². The zero-order valence-corrected chi connectivity index (χ0v) is 10.7. The van der Waals surface area contributed by atoms with Gasteiger partial charge in [-0.3, -0.25) is 0 Å². The van der Waals surface area contributed by atoms with Crippen molar-refractivity contribution in [3.05, 3.63) is 22.7 Å². The van der Waals surface area contributed by atoms with Crippen molar-refractivity contribution < 1.29 is 14.0 Å². The van der Waals surface area contributed by atoms with Gasteiger partial charge in [0.25, 0.3) is 0 Å². The molecule has 90 valence electrons. The Bertz CT molecular complexity index is 452. The fourth-order valence-electron chi connectivity index (χ4n) is 2.43. The lowest BCUT2D eigenvalue weighted by Crippen LogP contribution is -2.34. The molecule has 3 nitrogen and oxygen atoms in total. The Balaban J connectivity index is 2.14. The molecule has 0 amide bonds. The van der Waals surface area contributed by atoms with E-state index in [2.05, 4.69) is 6.92 Å². The first-order chi connectivity index (χ1) is 8.20. The Morgan fingerprint density at radius 2 is 2.24 bits per heavy atom. The summed E-state index contributed by atoms with van der Waals surface area (Å²) in [5, 5.41) is 0.736. The molecule has 0 aliphatic carbocycles. The highest BCUT2D eigenvalue weighted by atomic mass is 35.5. The minimum atomic E-state index is -0.332. The zero-order valence-electron chi connectivity index (χ0n) is 9.90. The van der Waals surface area contributed by atoms with Crippen molar-refractivity contribution in [1.29, 1.82) is 0 Å². The highest BCUT2D eigenvalue weighted by molar-refractivity contribution is 6.64. The van der Waals surface area contributed by atoms with Gasteiger partial charge in [0.15, 0.2) is 0 Å². The summed E-state index contributed by atoms with van der Waals surface area (Å²) in [5.41, 5.74) is 2.01. The largest absolute Gasteiger partial charge is 0.498 e. The van der Waals surface area contributed by atoms with E-state index >= 15 is 0 Å². The van der Waals surface area contributed by atoms with Gasteiger partial charge < -0.3 is 14.0 Å². The van der Waals surface area contributed by atoms with Crippen LogP contribution in [-0.2, 0) is 9.31 Å². The molecule has 2 heterocycles. The molecule has 17 heavy (non-hydrogen) atoms. The minimum Gasteiger partial charge on any atom is -0.491 e. The summed E-state index contributed by atoms with van der Waals surface area (Å²) in [6.45, 7) is 4.61. The normalized spacial score (nSPS) is 26.4. The third-order valence-corrected chi connectivity index (χ3v) is 3.57. The van der Waals surface area contributed by atoms with Crippen molar-refractivity contribution in [1.82, 2.24) is 0 Å². The van der Waals surface area contributed by atoms with Gasteiger partial charge in [-0.05, 0) is 25.5 Å². The van der Waals surface area contributed by atoms with E-state index in [9.17, 15) is 0 Å². The van der Waals surface area contributed by atoms with E-state index in [1.54, 1.807) is 0 Å². The Morgan fingerprint density at radius 3 is 3.00 bits per heavy atom. The molecule has 1 aromatic carbocycles. The maximum Gasteiger partial charge on any atom is 0.498 e. The SMILES string of the molecule is CCC1OB2OC(C)COc3ccc(Cl)c1c32.